The van der Waals surface area contributed by atoms with Crippen LogP contribution in [0.25, 0.3) is 17.0 Å². The first-order valence-corrected chi connectivity index (χ1v) is 6.18. The van der Waals surface area contributed by atoms with Gasteiger partial charge in [-0.05, 0) is 36.8 Å². The van der Waals surface area contributed by atoms with E-state index in [1.807, 2.05) is 35.7 Å². The lowest BCUT2D eigenvalue weighted by Gasteiger charge is -2.05. The molecule has 0 radical (unpaired) electrons. The van der Waals surface area contributed by atoms with Crippen LogP contribution < -0.4 is 0 Å². The fraction of sp³-hybridized carbons (Fsp3) is 0.0769. The molecular formula is C13H9Cl2N3. The van der Waals surface area contributed by atoms with Crippen LogP contribution in [-0.4, -0.2) is 14.6 Å². The SMILES string of the molecule is Cc1ccn2c(-c3c(Cl)cccc3Cl)nnc2c1. The van der Waals surface area contributed by atoms with Crippen molar-refractivity contribution in [2.24, 2.45) is 0 Å². The molecule has 0 aliphatic heterocycles. The number of benzene rings is 1. The molecule has 0 atom stereocenters. The van der Waals surface area contributed by atoms with Gasteiger partial charge in [-0.1, -0.05) is 29.3 Å². The van der Waals surface area contributed by atoms with Crippen molar-refractivity contribution in [3.63, 3.8) is 0 Å². The topological polar surface area (TPSA) is 30.2 Å². The molecule has 0 saturated carbocycles. The molecule has 0 bridgehead atoms. The van der Waals surface area contributed by atoms with Gasteiger partial charge in [0.1, 0.15) is 0 Å². The van der Waals surface area contributed by atoms with Crippen molar-refractivity contribution < 1.29 is 0 Å². The van der Waals surface area contributed by atoms with E-state index in [0.29, 0.717) is 21.4 Å². The van der Waals surface area contributed by atoms with E-state index < -0.39 is 0 Å². The molecule has 1 aromatic carbocycles. The van der Waals surface area contributed by atoms with Crippen LogP contribution >= 0.6 is 23.2 Å². The zero-order valence-corrected chi connectivity index (χ0v) is 11.1. The van der Waals surface area contributed by atoms with Gasteiger partial charge in [0.2, 0.25) is 0 Å². The first-order chi connectivity index (χ1) is 8.66. The molecule has 0 amide bonds. The summed E-state index contributed by atoms with van der Waals surface area (Å²) < 4.78 is 1.88. The molecule has 90 valence electrons. The molecule has 2 heterocycles. The monoisotopic (exact) mass is 277 g/mol. The van der Waals surface area contributed by atoms with Crippen molar-refractivity contribution in [2.75, 3.05) is 0 Å². The molecule has 5 heteroatoms. The van der Waals surface area contributed by atoms with Crippen molar-refractivity contribution >= 4 is 28.8 Å². The Hall–Kier alpha value is -1.58. The minimum atomic E-state index is 0.567. The van der Waals surface area contributed by atoms with Crippen LogP contribution in [-0.2, 0) is 0 Å². The van der Waals surface area contributed by atoms with Gasteiger partial charge in [-0.3, -0.25) is 4.40 Å². The summed E-state index contributed by atoms with van der Waals surface area (Å²) in [5.74, 6) is 0.653. The average molecular weight is 278 g/mol. The third-order valence-corrected chi connectivity index (χ3v) is 3.38. The molecular weight excluding hydrogens is 269 g/mol. The first kappa shape index (κ1) is 11.5. The van der Waals surface area contributed by atoms with Crippen molar-refractivity contribution in [1.82, 2.24) is 14.6 Å². The standard InChI is InChI=1S/C13H9Cl2N3/c1-8-5-6-18-11(7-8)16-17-13(18)12-9(14)3-2-4-10(12)15/h2-7H,1H3. The second-order valence-corrected chi connectivity index (χ2v) is 4.87. The van der Waals surface area contributed by atoms with Crippen LogP contribution in [0, 0.1) is 6.92 Å². The third-order valence-electron chi connectivity index (χ3n) is 2.75. The average Bonchev–Trinajstić information content (AvgIpc) is 2.72. The normalized spacial score (nSPS) is 11.1. The fourth-order valence-electron chi connectivity index (χ4n) is 1.87. The highest BCUT2D eigenvalue weighted by Crippen LogP contribution is 2.33. The Bertz CT molecular complexity index is 714. The lowest BCUT2D eigenvalue weighted by molar-refractivity contribution is 1.11. The Balaban J connectivity index is 2.32. The van der Waals surface area contributed by atoms with Crippen molar-refractivity contribution in [3.8, 4) is 11.4 Å². The predicted molar refractivity (Wildman–Crippen MR) is 73.2 cm³/mol. The van der Waals surface area contributed by atoms with E-state index >= 15 is 0 Å². The van der Waals surface area contributed by atoms with Gasteiger partial charge in [0, 0.05) is 6.20 Å². The van der Waals surface area contributed by atoms with Crippen LogP contribution in [0.4, 0.5) is 0 Å². The van der Waals surface area contributed by atoms with Crippen LogP contribution in [0.3, 0.4) is 0 Å². The van der Waals surface area contributed by atoms with Gasteiger partial charge in [0.05, 0.1) is 15.6 Å². The minimum Gasteiger partial charge on any atom is -0.282 e. The Labute approximate surface area is 114 Å². The van der Waals surface area contributed by atoms with Crippen LogP contribution in [0.15, 0.2) is 36.5 Å². The number of hydrogen-bond donors (Lipinski definition) is 0. The zero-order chi connectivity index (χ0) is 12.7. The predicted octanol–water partition coefficient (Wildman–Crippen LogP) is 4.01. The van der Waals surface area contributed by atoms with Gasteiger partial charge in [-0.15, -0.1) is 10.2 Å². The Morgan fingerprint density at radius 3 is 2.50 bits per heavy atom. The zero-order valence-electron chi connectivity index (χ0n) is 9.56. The summed E-state index contributed by atoms with van der Waals surface area (Å²) in [5.41, 5.74) is 2.62. The van der Waals surface area contributed by atoms with E-state index in [4.69, 9.17) is 23.2 Å². The van der Waals surface area contributed by atoms with Crippen molar-refractivity contribution in [3.05, 3.63) is 52.1 Å². The largest absolute Gasteiger partial charge is 0.282 e. The number of aromatic nitrogens is 3. The molecule has 0 N–H and O–H groups in total. The molecule has 0 fully saturated rings. The summed E-state index contributed by atoms with van der Waals surface area (Å²) in [6, 6.07) is 9.34. The number of nitrogens with zero attached hydrogens (tertiary/aromatic N) is 3. The van der Waals surface area contributed by atoms with E-state index in [0.717, 1.165) is 11.2 Å². The van der Waals surface area contributed by atoms with Gasteiger partial charge in [0.25, 0.3) is 0 Å². The van der Waals surface area contributed by atoms with Crippen LogP contribution in [0.2, 0.25) is 10.0 Å². The molecule has 0 aliphatic rings. The van der Waals surface area contributed by atoms with Crippen molar-refractivity contribution in [1.29, 1.82) is 0 Å². The number of hydrogen-bond acceptors (Lipinski definition) is 2. The number of pyridine rings is 1. The summed E-state index contributed by atoms with van der Waals surface area (Å²) >= 11 is 12.4. The molecule has 3 aromatic rings. The molecule has 0 saturated heterocycles. The molecule has 0 spiro atoms. The summed E-state index contributed by atoms with van der Waals surface area (Å²) in [6.07, 6.45) is 1.92. The van der Waals surface area contributed by atoms with Gasteiger partial charge in [0.15, 0.2) is 11.5 Å². The summed E-state index contributed by atoms with van der Waals surface area (Å²) in [4.78, 5) is 0. The summed E-state index contributed by atoms with van der Waals surface area (Å²) in [5, 5.41) is 9.44. The van der Waals surface area contributed by atoms with Gasteiger partial charge >= 0.3 is 0 Å². The van der Waals surface area contributed by atoms with Crippen LogP contribution in [0.1, 0.15) is 5.56 Å². The second kappa shape index (κ2) is 4.26. The Morgan fingerprint density at radius 1 is 1.06 bits per heavy atom. The maximum atomic E-state index is 6.19. The maximum absolute atomic E-state index is 6.19. The molecule has 18 heavy (non-hydrogen) atoms. The molecule has 3 nitrogen and oxygen atoms in total. The first-order valence-electron chi connectivity index (χ1n) is 5.42. The van der Waals surface area contributed by atoms with E-state index in [2.05, 4.69) is 10.2 Å². The van der Waals surface area contributed by atoms with E-state index in [9.17, 15) is 0 Å². The van der Waals surface area contributed by atoms with Gasteiger partial charge < -0.3 is 0 Å². The van der Waals surface area contributed by atoms with Gasteiger partial charge in [-0.25, -0.2) is 0 Å². The molecule has 2 aromatic heterocycles. The lowest BCUT2D eigenvalue weighted by Crippen LogP contribution is -1.91. The highest BCUT2D eigenvalue weighted by atomic mass is 35.5. The number of aryl methyl sites for hydroxylation is 1. The summed E-state index contributed by atoms with van der Waals surface area (Å²) in [7, 11) is 0. The summed E-state index contributed by atoms with van der Waals surface area (Å²) in [6.45, 7) is 2.01. The number of rotatable bonds is 1. The highest BCUT2D eigenvalue weighted by molar-refractivity contribution is 6.39. The highest BCUT2D eigenvalue weighted by Gasteiger charge is 2.14. The quantitative estimate of drug-likeness (QED) is 0.673. The minimum absolute atomic E-state index is 0.567. The van der Waals surface area contributed by atoms with Crippen molar-refractivity contribution in [2.45, 2.75) is 6.92 Å². The Morgan fingerprint density at radius 2 is 1.78 bits per heavy atom. The number of fused-ring (bicyclic) bond motifs is 1. The van der Waals surface area contributed by atoms with E-state index in [1.165, 1.54) is 0 Å². The lowest BCUT2D eigenvalue weighted by atomic mass is 10.2. The smallest absolute Gasteiger partial charge is 0.171 e. The van der Waals surface area contributed by atoms with Gasteiger partial charge in [-0.2, -0.15) is 0 Å². The fourth-order valence-corrected chi connectivity index (χ4v) is 2.44. The van der Waals surface area contributed by atoms with E-state index in [-0.39, 0.29) is 0 Å². The van der Waals surface area contributed by atoms with Crippen LogP contribution in [0.5, 0.6) is 0 Å². The Kier molecular flexibility index (Phi) is 2.73. The third kappa shape index (κ3) is 1.76. The molecule has 3 rings (SSSR count). The molecule has 0 unspecified atom stereocenters. The van der Waals surface area contributed by atoms with E-state index in [1.54, 1.807) is 12.1 Å². The second-order valence-electron chi connectivity index (χ2n) is 4.05. The molecule has 0 aliphatic carbocycles. The number of halogens is 2. The maximum Gasteiger partial charge on any atom is 0.171 e.